The molecule has 0 aliphatic rings. The molecule has 0 bridgehead atoms. The molecule has 2 amide bonds. The van der Waals surface area contributed by atoms with E-state index in [2.05, 4.69) is 21.2 Å². The van der Waals surface area contributed by atoms with E-state index in [-0.39, 0.29) is 11.8 Å². The molecule has 2 aromatic rings. The minimum Gasteiger partial charge on any atom is -0.350 e. The second-order valence-corrected chi connectivity index (χ2v) is 6.64. The van der Waals surface area contributed by atoms with Crippen molar-refractivity contribution in [2.45, 2.75) is 13.8 Å². The maximum Gasteiger partial charge on any atom is 0.261 e. The average Bonchev–Trinajstić information content (AvgIpc) is 3.00. The van der Waals surface area contributed by atoms with Gasteiger partial charge in [-0.3, -0.25) is 9.59 Å². The number of carbonyl (C=O) groups is 2. The first-order chi connectivity index (χ1) is 10.5. The number of benzene rings is 1. The lowest BCUT2D eigenvalue weighted by atomic mass is 10.2. The quantitative estimate of drug-likeness (QED) is 0.861. The molecular formula is C16H17BrN2O2S. The Balaban J connectivity index is 1.99. The van der Waals surface area contributed by atoms with Crippen LogP contribution in [-0.4, -0.2) is 24.9 Å². The van der Waals surface area contributed by atoms with E-state index in [0.29, 0.717) is 18.0 Å². The summed E-state index contributed by atoms with van der Waals surface area (Å²) in [7, 11) is 0. The Morgan fingerprint density at radius 3 is 2.68 bits per heavy atom. The summed E-state index contributed by atoms with van der Waals surface area (Å²) in [5.41, 5.74) is 1.92. The summed E-state index contributed by atoms with van der Waals surface area (Å²) in [6, 6.07) is 9.39. The summed E-state index contributed by atoms with van der Waals surface area (Å²) in [5.74, 6) is -0.162. The molecule has 6 heteroatoms. The average molecular weight is 381 g/mol. The van der Waals surface area contributed by atoms with Crippen LogP contribution < -0.4 is 10.2 Å². The van der Waals surface area contributed by atoms with Gasteiger partial charge in [-0.25, -0.2) is 0 Å². The Labute approximate surface area is 142 Å². The fraction of sp³-hybridized carbons (Fsp3) is 0.250. The molecule has 1 N–H and O–H groups in total. The number of aryl methyl sites for hydroxylation is 1. The van der Waals surface area contributed by atoms with E-state index in [4.69, 9.17) is 0 Å². The van der Waals surface area contributed by atoms with Crippen LogP contribution in [0.5, 0.6) is 0 Å². The van der Waals surface area contributed by atoms with Crippen molar-refractivity contribution in [3.8, 4) is 0 Å². The molecule has 0 fully saturated rings. The predicted octanol–water partition coefficient (Wildman–Crippen LogP) is 3.60. The maximum absolute atomic E-state index is 11.9. The number of amides is 2. The molecule has 0 saturated carbocycles. The van der Waals surface area contributed by atoms with E-state index >= 15 is 0 Å². The molecule has 1 aromatic heterocycles. The van der Waals surface area contributed by atoms with E-state index in [0.717, 1.165) is 15.7 Å². The molecule has 0 spiro atoms. The number of halogens is 1. The lowest BCUT2D eigenvalue weighted by Gasteiger charge is -2.22. The fourth-order valence-corrected chi connectivity index (χ4v) is 3.00. The highest BCUT2D eigenvalue weighted by molar-refractivity contribution is 9.10. The highest BCUT2D eigenvalue weighted by Gasteiger charge is 2.13. The fourth-order valence-electron chi connectivity index (χ4n) is 1.99. The zero-order chi connectivity index (χ0) is 16.1. The Morgan fingerprint density at radius 2 is 2.09 bits per heavy atom. The van der Waals surface area contributed by atoms with Crippen LogP contribution in [0.4, 0.5) is 5.69 Å². The van der Waals surface area contributed by atoms with Crippen LogP contribution in [0.2, 0.25) is 0 Å². The monoisotopic (exact) mass is 380 g/mol. The number of thiophene rings is 1. The second kappa shape index (κ2) is 7.56. The van der Waals surface area contributed by atoms with Gasteiger partial charge in [0.15, 0.2) is 0 Å². The van der Waals surface area contributed by atoms with Gasteiger partial charge in [0.05, 0.1) is 4.88 Å². The zero-order valence-electron chi connectivity index (χ0n) is 12.4. The Bertz CT molecular complexity index is 671. The molecule has 0 aliphatic carbocycles. The van der Waals surface area contributed by atoms with Crippen molar-refractivity contribution in [2.75, 3.05) is 18.0 Å². The Morgan fingerprint density at radius 1 is 1.32 bits per heavy atom. The van der Waals surface area contributed by atoms with Crippen LogP contribution in [0.15, 0.2) is 40.2 Å². The van der Waals surface area contributed by atoms with E-state index in [1.807, 2.05) is 36.6 Å². The van der Waals surface area contributed by atoms with Crippen molar-refractivity contribution in [3.63, 3.8) is 0 Å². The lowest BCUT2D eigenvalue weighted by Crippen LogP contribution is -2.37. The van der Waals surface area contributed by atoms with E-state index in [9.17, 15) is 9.59 Å². The third-order valence-electron chi connectivity index (χ3n) is 3.21. The molecule has 22 heavy (non-hydrogen) atoms. The number of anilines is 1. The normalized spacial score (nSPS) is 10.3. The van der Waals surface area contributed by atoms with Crippen LogP contribution in [0, 0.1) is 6.92 Å². The molecule has 0 aliphatic heterocycles. The molecule has 1 aromatic carbocycles. The SMILES string of the molecule is CC(=O)N(CCNC(=O)c1cccs1)c1ccc(C)c(Br)c1. The van der Waals surface area contributed by atoms with Gasteiger partial charge in [-0.15, -0.1) is 11.3 Å². The number of nitrogens with zero attached hydrogens (tertiary/aromatic N) is 1. The number of hydrogen-bond donors (Lipinski definition) is 1. The van der Waals surface area contributed by atoms with Crippen LogP contribution >= 0.6 is 27.3 Å². The molecule has 0 atom stereocenters. The number of hydrogen-bond acceptors (Lipinski definition) is 3. The van der Waals surface area contributed by atoms with Gasteiger partial charge >= 0.3 is 0 Å². The third kappa shape index (κ3) is 4.18. The summed E-state index contributed by atoms with van der Waals surface area (Å²) in [5, 5.41) is 4.69. The van der Waals surface area contributed by atoms with Gasteiger partial charge in [0.2, 0.25) is 5.91 Å². The molecule has 0 saturated heterocycles. The highest BCUT2D eigenvalue weighted by atomic mass is 79.9. The first-order valence-electron chi connectivity index (χ1n) is 6.85. The van der Waals surface area contributed by atoms with Gasteiger partial charge in [0.25, 0.3) is 5.91 Å². The topological polar surface area (TPSA) is 49.4 Å². The molecule has 116 valence electrons. The number of nitrogens with one attached hydrogen (secondary N) is 1. The van der Waals surface area contributed by atoms with E-state index in [1.54, 1.807) is 11.0 Å². The van der Waals surface area contributed by atoms with Crippen LogP contribution in [0.25, 0.3) is 0 Å². The minimum absolute atomic E-state index is 0.0545. The van der Waals surface area contributed by atoms with Crippen molar-refractivity contribution in [1.82, 2.24) is 5.32 Å². The smallest absolute Gasteiger partial charge is 0.261 e. The zero-order valence-corrected chi connectivity index (χ0v) is 14.8. The summed E-state index contributed by atoms with van der Waals surface area (Å²) in [6.45, 7) is 4.35. The first kappa shape index (κ1) is 16.7. The number of rotatable bonds is 5. The standard InChI is InChI=1S/C16H17BrN2O2S/c1-11-5-6-13(10-14(11)17)19(12(2)20)8-7-18-16(21)15-4-3-9-22-15/h3-6,9-10H,7-8H2,1-2H3,(H,18,21). The van der Waals surface area contributed by atoms with Crippen molar-refractivity contribution in [3.05, 3.63) is 50.6 Å². The van der Waals surface area contributed by atoms with Crippen molar-refractivity contribution in [2.24, 2.45) is 0 Å². The highest BCUT2D eigenvalue weighted by Crippen LogP contribution is 2.23. The third-order valence-corrected chi connectivity index (χ3v) is 4.94. The summed E-state index contributed by atoms with van der Waals surface area (Å²) >= 11 is 4.87. The largest absolute Gasteiger partial charge is 0.350 e. The molecular weight excluding hydrogens is 364 g/mol. The lowest BCUT2D eigenvalue weighted by molar-refractivity contribution is -0.116. The molecule has 4 nitrogen and oxygen atoms in total. The predicted molar refractivity (Wildman–Crippen MR) is 93.6 cm³/mol. The molecule has 2 rings (SSSR count). The summed E-state index contributed by atoms with van der Waals surface area (Å²) in [6.07, 6.45) is 0. The van der Waals surface area contributed by atoms with Crippen LogP contribution in [0.1, 0.15) is 22.2 Å². The van der Waals surface area contributed by atoms with Gasteiger partial charge < -0.3 is 10.2 Å². The Hall–Kier alpha value is -1.66. The molecule has 0 radical (unpaired) electrons. The van der Waals surface area contributed by atoms with Crippen molar-refractivity contribution in [1.29, 1.82) is 0 Å². The maximum atomic E-state index is 11.9. The van der Waals surface area contributed by atoms with Crippen molar-refractivity contribution >= 4 is 44.8 Å². The van der Waals surface area contributed by atoms with E-state index < -0.39 is 0 Å². The van der Waals surface area contributed by atoms with Gasteiger partial charge in [-0.05, 0) is 36.1 Å². The summed E-state index contributed by atoms with van der Waals surface area (Å²) < 4.78 is 0.957. The minimum atomic E-state index is -0.108. The number of carbonyl (C=O) groups excluding carboxylic acids is 2. The summed E-state index contributed by atoms with van der Waals surface area (Å²) in [4.78, 5) is 26.1. The second-order valence-electron chi connectivity index (χ2n) is 4.84. The first-order valence-corrected chi connectivity index (χ1v) is 8.52. The van der Waals surface area contributed by atoms with Gasteiger partial charge in [-0.2, -0.15) is 0 Å². The van der Waals surface area contributed by atoms with Crippen LogP contribution in [-0.2, 0) is 4.79 Å². The van der Waals surface area contributed by atoms with E-state index in [1.165, 1.54) is 18.3 Å². The van der Waals surface area contributed by atoms with Gasteiger partial charge in [0.1, 0.15) is 0 Å². The Kier molecular flexibility index (Phi) is 5.74. The van der Waals surface area contributed by atoms with Crippen LogP contribution in [0.3, 0.4) is 0 Å². The molecule has 1 heterocycles. The van der Waals surface area contributed by atoms with Gasteiger partial charge in [0, 0.05) is 30.2 Å². The molecule has 0 unspecified atom stereocenters. The van der Waals surface area contributed by atoms with Gasteiger partial charge in [-0.1, -0.05) is 28.1 Å². The van der Waals surface area contributed by atoms with Crippen molar-refractivity contribution < 1.29 is 9.59 Å².